The molecule has 0 radical (unpaired) electrons. The molecule has 1 amide bonds. The van der Waals surface area contributed by atoms with Crippen LogP contribution < -0.4 is 16.0 Å². The summed E-state index contributed by atoms with van der Waals surface area (Å²) in [6.45, 7) is 3.53. The van der Waals surface area contributed by atoms with E-state index in [2.05, 4.69) is 22.9 Å². The van der Waals surface area contributed by atoms with E-state index in [1.54, 1.807) is 0 Å². The van der Waals surface area contributed by atoms with Crippen LogP contribution in [0.1, 0.15) is 84.0 Å². The molecule has 0 aromatic heterocycles. The van der Waals surface area contributed by atoms with Crippen LogP contribution >= 0.6 is 11.8 Å². The number of hydrogen-bond donors (Lipinski definition) is 3. The molecule has 3 N–H and O–H groups in total. The first-order valence-corrected chi connectivity index (χ1v) is 13.1. The third kappa shape index (κ3) is 5.66. The van der Waals surface area contributed by atoms with Crippen molar-refractivity contribution in [2.24, 2.45) is 23.7 Å². The van der Waals surface area contributed by atoms with Crippen molar-refractivity contribution >= 4 is 17.7 Å². The third-order valence-corrected chi connectivity index (χ3v) is 9.15. The first kappa shape index (κ1) is 21.0. The molecule has 0 spiro atoms. The zero-order valence-corrected chi connectivity index (χ0v) is 18.6. The average molecular weight is 408 g/mol. The van der Waals surface area contributed by atoms with Crippen LogP contribution in [0, 0.1) is 23.7 Å². The molecule has 4 fully saturated rings. The Balaban J connectivity index is 1.14. The first-order valence-electron chi connectivity index (χ1n) is 12.1. The Bertz CT molecular complexity index is 502. The predicted octanol–water partition coefficient (Wildman–Crippen LogP) is 4.26. The Kier molecular flexibility index (Phi) is 7.62. The third-order valence-electron chi connectivity index (χ3n) is 8.02. The zero-order chi connectivity index (χ0) is 19.3. The van der Waals surface area contributed by atoms with Crippen LogP contribution in [0.3, 0.4) is 0 Å². The van der Waals surface area contributed by atoms with Crippen molar-refractivity contribution in [3.63, 3.8) is 0 Å². The standard InChI is InChI=1S/C23H41N3OS/c1-16-13-20(11-12-24-16)18-9-7-17(8-10-18)14-22(27)26-23-25-21(15-28-23)19-5-3-2-4-6-19/h16-21,23-25H,2-15H2,1H3,(H,26,27)/t16?,17?,18?,20-,21?,23?/m1/s1. The summed E-state index contributed by atoms with van der Waals surface area (Å²) >= 11 is 1.90. The quantitative estimate of drug-likeness (QED) is 0.637. The number of amides is 1. The van der Waals surface area contributed by atoms with Gasteiger partial charge in [0.15, 0.2) is 0 Å². The van der Waals surface area contributed by atoms with Gasteiger partial charge in [-0.3, -0.25) is 10.1 Å². The highest BCUT2D eigenvalue weighted by molar-refractivity contribution is 8.00. The number of thioether (sulfide) groups is 1. The first-order chi connectivity index (χ1) is 13.7. The molecule has 3 unspecified atom stereocenters. The van der Waals surface area contributed by atoms with E-state index in [0.29, 0.717) is 18.0 Å². The van der Waals surface area contributed by atoms with E-state index < -0.39 is 0 Å². The molecule has 2 aliphatic carbocycles. The number of carbonyl (C=O) groups excluding carboxylic acids is 1. The molecule has 0 bridgehead atoms. The number of rotatable bonds is 5. The molecule has 5 heteroatoms. The van der Waals surface area contributed by atoms with Crippen LogP contribution in [0.5, 0.6) is 0 Å². The summed E-state index contributed by atoms with van der Waals surface area (Å²) in [5.41, 5.74) is 0.145. The number of carbonyl (C=O) groups is 1. The van der Waals surface area contributed by atoms with Gasteiger partial charge < -0.3 is 10.6 Å². The molecule has 0 aromatic carbocycles. The Morgan fingerprint density at radius 3 is 2.50 bits per heavy atom. The highest BCUT2D eigenvalue weighted by atomic mass is 32.2. The summed E-state index contributed by atoms with van der Waals surface area (Å²) in [6, 6.07) is 1.30. The summed E-state index contributed by atoms with van der Waals surface area (Å²) < 4.78 is 0. The minimum absolute atomic E-state index is 0.145. The Morgan fingerprint density at radius 1 is 0.964 bits per heavy atom. The van der Waals surface area contributed by atoms with Gasteiger partial charge in [-0.1, -0.05) is 19.3 Å². The van der Waals surface area contributed by atoms with E-state index in [0.717, 1.165) is 29.9 Å². The Hall–Kier alpha value is -0.260. The summed E-state index contributed by atoms with van der Waals surface area (Å²) in [4.78, 5) is 12.6. The van der Waals surface area contributed by atoms with Crippen molar-refractivity contribution < 1.29 is 4.79 Å². The Morgan fingerprint density at radius 2 is 1.75 bits per heavy atom. The van der Waals surface area contributed by atoms with Gasteiger partial charge in [-0.05, 0) is 88.5 Å². The lowest BCUT2D eigenvalue weighted by molar-refractivity contribution is -0.122. The largest absolute Gasteiger partial charge is 0.332 e. The van der Waals surface area contributed by atoms with E-state index in [1.807, 2.05) is 11.8 Å². The molecule has 4 nitrogen and oxygen atoms in total. The molecule has 160 valence electrons. The second kappa shape index (κ2) is 10.2. The van der Waals surface area contributed by atoms with Gasteiger partial charge in [0.25, 0.3) is 0 Å². The SMILES string of the molecule is CC1C[C@H](C2CCC(CC(=O)NC3NC(C4CCCCC4)CS3)CC2)CCN1. The lowest BCUT2D eigenvalue weighted by atomic mass is 9.71. The number of piperidine rings is 1. The normalized spacial score (nSPS) is 40.3. The fourth-order valence-corrected chi connectivity index (χ4v) is 7.57. The zero-order valence-electron chi connectivity index (χ0n) is 17.8. The van der Waals surface area contributed by atoms with Crippen LogP contribution in [0.15, 0.2) is 0 Å². The van der Waals surface area contributed by atoms with Crippen molar-refractivity contribution in [1.82, 2.24) is 16.0 Å². The minimum Gasteiger partial charge on any atom is -0.332 e. The van der Waals surface area contributed by atoms with E-state index >= 15 is 0 Å². The molecule has 4 rings (SSSR count). The predicted molar refractivity (Wildman–Crippen MR) is 118 cm³/mol. The number of nitrogens with one attached hydrogen (secondary N) is 3. The van der Waals surface area contributed by atoms with Gasteiger partial charge >= 0.3 is 0 Å². The molecule has 4 atom stereocenters. The molecule has 2 saturated heterocycles. The molecule has 4 aliphatic rings. The van der Waals surface area contributed by atoms with Gasteiger partial charge in [-0.2, -0.15) is 0 Å². The fourth-order valence-electron chi connectivity index (χ4n) is 6.31. The monoisotopic (exact) mass is 407 g/mol. The van der Waals surface area contributed by atoms with Crippen LogP contribution in [-0.2, 0) is 4.79 Å². The van der Waals surface area contributed by atoms with Crippen LogP contribution in [-0.4, -0.2) is 35.8 Å². The number of hydrogen-bond acceptors (Lipinski definition) is 4. The molecular weight excluding hydrogens is 366 g/mol. The van der Waals surface area contributed by atoms with Gasteiger partial charge in [0.05, 0.1) is 0 Å². The molecule has 2 aliphatic heterocycles. The lowest BCUT2D eigenvalue weighted by Crippen LogP contribution is -2.45. The smallest absolute Gasteiger partial charge is 0.222 e. The van der Waals surface area contributed by atoms with Crippen molar-refractivity contribution in [1.29, 1.82) is 0 Å². The maximum absolute atomic E-state index is 12.6. The van der Waals surface area contributed by atoms with E-state index in [9.17, 15) is 4.79 Å². The van der Waals surface area contributed by atoms with Gasteiger partial charge in [-0.25, -0.2) is 0 Å². The fraction of sp³-hybridized carbons (Fsp3) is 0.957. The maximum Gasteiger partial charge on any atom is 0.222 e. The van der Waals surface area contributed by atoms with Crippen molar-refractivity contribution in [2.45, 2.75) is 102 Å². The topological polar surface area (TPSA) is 53.2 Å². The van der Waals surface area contributed by atoms with Crippen molar-refractivity contribution in [2.75, 3.05) is 12.3 Å². The van der Waals surface area contributed by atoms with Crippen molar-refractivity contribution in [3.05, 3.63) is 0 Å². The van der Waals surface area contributed by atoms with Crippen LogP contribution in [0.4, 0.5) is 0 Å². The average Bonchev–Trinajstić information content (AvgIpc) is 3.17. The van der Waals surface area contributed by atoms with Crippen LogP contribution in [0.25, 0.3) is 0 Å². The maximum atomic E-state index is 12.6. The molecule has 0 aromatic rings. The Labute approximate surface area is 176 Å². The summed E-state index contributed by atoms with van der Waals surface area (Å²) in [6.07, 6.45) is 15.6. The second-order valence-electron chi connectivity index (χ2n) is 10.1. The van der Waals surface area contributed by atoms with Crippen molar-refractivity contribution in [3.8, 4) is 0 Å². The van der Waals surface area contributed by atoms with Gasteiger partial charge in [0.2, 0.25) is 5.91 Å². The minimum atomic E-state index is 0.145. The molecule has 2 heterocycles. The molecule has 28 heavy (non-hydrogen) atoms. The summed E-state index contributed by atoms with van der Waals surface area (Å²) in [5, 5.41) is 10.6. The highest BCUT2D eigenvalue weighted by Gasteiger charge is 2.33. The van der Waals surface area contributed by atoms with Gasteiger partial charge in [-0.15, -0.1) is 11.8 Å². The van der Waals surface area contributed by atoms with Gasteiger partial charge in [0.1, 0.15) is 5.50 Å². The summed E-state index contributed by atoms with van der Waals surface area (Å²) in [5.74, 6) is 4.70. The van der Waals surface area contributed by atoms with E-state index in [-0.39, 0.29) is 11.4 Å². The highest BCUT2D eigenvalue weighted by Crippen LogP contribution is 2.39. The van der Waals surface area contributed by atoms with E-state index in [4.69, 9.17) is 0 Å². The van der Waals surface area contributed by atoms with Gasteiger partial charge in [0, 0.05) is 24.3 Å². The van der Waals surface area contributed by atoms with Crippen LogP contribution in [0.2, 0.25) is 0 Å². The second-order valence-corrected chi connectivity index (χ2v) is 11.2. The molecular formula is C23H41N3OS. The summed E-state index contributed by atoms with van der Waals surface area (Å²) in [7, 11) is 0. The van der Waals surface area contributed by atoms with E-state index in [1.165, 1.54) is 77.2 Å². The molecule has 2 saturated carbocycles. The lowest BCUT2D eigenvalue weighted by Gasteiger charge is -2.38.